The minimum Gasteiger partial charge on any atom is -0.265 e. The van der Waals surface area contributed by atoms with Gasteiger partial charge >= 0.3 is 0 Å². The van der Waals surface area contributed by atoms with E-state index in [1.807, 2.05) is 239 Å². The second-order valence-electron chi connectivity index (χ2n) is 11.1. The average molecular weight is 858 g/mol. The lowest BCUT2D eigenvalue weighted by Gasteiger charge is -1.82. The highest BCUT2D eigenvalue weighted by atomic mass is 14.6. The Kier molecular flexibility index (Phi) is 77.6. The third kappa shape index (κ3) is 65.6. The molecule has 3 heterocycles. The number of benzene rings is 4. The van der Waals surface area contributed by atoms with Gasteiger partial charge in [-0.3, -0.25) is 15.0 Å². The third-order valence-corrected chi connectivity index (χ3v) is 6.23. The molecule has 4 aromatic carbocycles. The van der Waals surface area contributed by atoms with Gasteiger partial charge in [0.05, 0.1) is 0 Å². The Bertz CT molecular complexity index is 1300. The summed E-state index contributed by atoms with van der Waals surface area (Å²) in [6.07, 6.45) is 8.97. The molecule has 0 radical (unpaired) electrons. The summed E-state index contributed by atoms with van der Waals surface area (Å²) < 4.78 is 0. The molecule has 0 aliphatic heterocycles. The second kappa shape index (κ2) is 68.1. The van der Waals surface area contributed by atoms with Crippen LogP contribution in [0.1, 0.15) is 136 Å². The van der Waals surface area contributed by atoms with Crippen molar-refractivity contribution in [3.63, 3.8) is 0 Å². The van der Waals surface area contributed by atoms with Gasteiger partial charge in [0.25, 0.3) is 0 Å². The van der Waals surface area contributed by atoms with Gasteiger partial charge in [0.2, 0.25) is 0 Å². The van der Waals surface area contributed by atoms with Crippen LogP contribution in [0.25, 0.3) is 0 Å². The van der Waals surface area contributed by atoms with E-state index in [9.17, 15) is 0 Å². The maximum atomic E-state index is 3.98. The Morgan fingerprint density at radius 3 is 0.619 bits per heavy atom. The largest absolute Gasteiger partial charge is 0.265 e. The van der Waals surface area contributed by atoms with Crippen LogP contribution in [0.4, 0.5) is 0 Å². The summed E-state index contributed by atoms with van der Waals surface area (Å²) in [4.78, 5) is 11.7. The van der Waals surface area contributed by atoms with Crippen molar-refractivity contribution >= 4 is 0 Å². The standard InChI is InChI=1S/4C7H8.3C6H7N.7C2H6/c4*1-7-5-3-2-4-6-7;1-6-2-4-7-5-3-6;1-6-3-2-4-7-5-6;1-6-4-2-3-5-7-6;7*1-2/h4*2-6H,1H3;3*2-5H,1H3;7*1-2H3. The number of pyridine rings is 3. The van der Waals surface area contributed by atoms with Crippen LogP contribution in [0, 0.1) is 48.5 Å². The second-order valence-corrected chi connectivity index (χ2v) is 11.1. The molecule has 0 spiro atoms. The van der Waals surface area contributed by atoms with Gasteiger partial charge in [0.1, 0.15) is 0 Å². The molecule has 0 atom stereocenters. The molecule has 0 unspecified atom stereocenters. The SMILES string of the molecule is CC.CC.CC.CC.CC.CC.CC.Cc1ccccc1.Cc1ccccc1.Cc1ccccc1.Cc1ccccc1.Cc1ccccn1.Cc1cccnc1.Cc1ccncc1. The number of hydrogen-bond acceptors (Lipinski definition) is 3. The fourth-order valence-corrected chi connectivity index (χ4v) is 3.46. The van der Waals surface area contributed by atoms with Crippen molar-refractivity contribution in [1.82, 2.24) is 15.0 Å². The minimum atomic E-state index is 1.07. The maximum Gasteiger partial charge on any atom is 0.0372 e. The molecule has 3 heteroatoms. The van der Waals surface area contributed by atoms with Gasteiger partial charge in [-0.15, -0.1) is 0 Å². The first kappa shape index (κ1) is 71.8. The van der Waals surface area contributed by atoms with E-state index in [1.54, 1.807) is 24.8 Å². The molecule has 0 fully saturated rings. The van der Waals surface area contributed by atoms with E-state index in [0.717, 1.165) is 5.69 Å². The Morgan fingerprint density at radius 2 is 0.492 bits per heavy atom. The maximum absolute atomic E-state index is 3.98. The molecule has 0 saturated heterocycles. The molecule has 3 nitrogen and oxygen atoms in total. The summed E-state index contributed by atoms with van der Waals surface area (Å²) in [5, 5.41) is 0. The predicted molar refractivity (Wildman–Crippen MR) is 291 cm³/mol. The van der Waals surface area contributed by atoms with E-state index in [1.165, 1.54) is 33.4 Å². The fourth-order valence-electron chi connectivity index (χ4n) is 3.46. The Balaban J connectivity index is -0.000000111. The topological polar surface area (TPSA) is 38.7 Å². The van der Waals surface area contributed by atoms with Gasteiger partial charge < -0.3 is 0 Å². The first-order valence-electron chi connectivity index (χ1n) is 23.4. The van der Waals surface area contributed by atoms with Gasteiger partial charge in [0.15, 0.2) is 0 Å². The van der Waals surface area contributed by atoms with Crippen LogP contribution < -0.4 is 0 Å². The van der Waals surface area contributed by atoms with Crippen LogP contribution in [-0.2, 0) is 0 Å². The van der Waals surface area contributed by atoms with Gasteiger partial charge in [-0.2, -0.15) is 0 Å². The summed E-state index contributed by atoms with van der Waals surface area (Å²) in [5.74, 6) is 0. The van der Waals surface area contributed by atoms with Crippen molar-refractivity contribution in [1.29, 1.82) is 0 Å². The number of rotatable bonds is 0. The van der Waals surface area contributed by atoms with Crippen molar-refractivity contribution in [2.75, 3.05) is 0 Å². The number of aryl methyl sites for hydroxylation is 7. The molecular weight excluding hydrogens is 763 g/mol. The van der Waals surface area contributed by atoms with Crippen LogP contribution in [0.2, 0.25) is 0 Å². The Morgan fingerprint density at radius 1 is 0.222 bits per heavy atom. The summed E-state index contributed by atoms with van der Waals surface area (Å²) in [6.45, 7) is 42.4. The summed E-state index contributed by atoms with van der Waals surface area (Å²) in [7, 11) is 0. The highest BCUT2D eigenvalue weighted by Crippen LogP contribution is 1.95. The van der Waals surface area contributed by atoms with Gasteiger partial charge in [-0.05, 0) is 89.9 Å². The van der Waals surface area contributed by atoms with Crippen LogP contribution in [0.5, 0.6) is 0 Å². The molecule has 0 aliphatic rings. The van der Waals surface area contributed by atoms with Crippen molar-refractivity contribution in [3.05, 3.63) is 234 Å². The molecule has 63 heavy (non-hydrogen) atoms. The van der Waals surface area contributed by atoms with Gasteiger partial charge in [-0.1, -0.05) is 253 Å². The fraction of sp³-hybridized carbons (Fsp3) is 0.350. The lowest BCUT2D eigenvalue weighted by atomic mass is 10.2. The van der Waals surface area contributed by atoms with E-state index in [2.05, 4.69) is 91.2 Å². The van der Waals surface area contributed by atoms with E-state index in [0.29, 0.717) is 0 Å². The zero-order valence-corrected chi connectivity index (χ0v) is 44.3. The smallest absolute Gasteiger partial charge is 0.0372 e. The molecule has 3 aromatic heterocycles. The molecule has 0 bridgehead atoms. The average Bonchev–Trinajstić information content (AvgIpc) is 3.36. The van der Waals surface area contributed by atoms with Crippen LogP contribution in [-0.4, -0.2) is 15.0 Å². The first-order valence-corrected chi connectivity index (χ1v) is 23.4. The zero-order chi connectivity index (χ0) is 49.8. The highest BCUT2D eigenvalue weighted by molar-refractivity contribution is 5.14. The monoisotopic (exact) mass is 858 g/mol. The first-order chi connectivity index (χ1) is 30.8. The van der Waals surface area contributed by atoms with E-state index >= 15 is 0 Å². The Labute approximate surface area is 392 Å². The molecule has 7 aromatic rings. The zero-order valence-electron chi connectivity index (χ0n) is 44.3. The number of hydrogen-bond donors (Lipinski definition) is 0. The quantitative estimate of drug-likeness (QED) is 0.153. The van der Waals surface area contributed by atoms with Crippen molar-refractivity contribution < 1.29 is 0 Å². The molecular formula is C60H95N3. The normalized spacial score (nSPS) is 7.44. The minimum absolute atomic E-state index is 1.07. The predicted octanol–water partition coefficient (Wildman–Crippen LogP) is 19.3. The lowest BCUT2D eigenvalue weighted by molar-refractivity contribution is 1.20. The van der Waals surface area contributed by atoms with Crippen molar-refractivity contribution in [3.8, 4) is 0 Å². The molecule has 0 N–H and O–H groups in total. The molecule has 0 aliphatic carbocycles. The van der Waals surface area contributed by atoms with E-state index in [4.69, 9.17) is 0 Å². The molecule has 0 saturated carbocycles. The van der Waals surface area contributed by atoms with E-state index < -0.39 is 0 Å². The Hall–Kier alpha value is -5.67. The van der Waals surface area contributed by atoms with Gasteiger partial charge in [-0.25, -0.2) is 0 Å². The van der Waals surface area contributed by atoms with Crippen LogP contribution >= 0.6 is 0 Å². The van der Waals surface area contributed by atoms with Crippen molar-refractivity contribution in [2.24, 2.45) is 0 Å². The third-order valence-electron chi connectivity index (χ3n) is 6.23. The summed E-state index contributed by atoms with van der Waals surface area (Å²) >= 11 is 0. The summed E-state index contributed by atoms with van der Waals surface area (Å²) in [6, 6.07) is 54.8. The van der Waals surface area contributed by atoms with Crippen LogP contribution in [0.3, 0.4) is 0 Å². The highest BCUT2D eigenvalue weighted by Gasteiger charge is 1.76. The van der Waals surface area contributed by atoms with E-state index in [-0.39, 0.29) is 0 Å². The van der Waals surface area contributed by atoms with Crippen LogP contribution in [0.15, 0.2) is 195 Å². The summed E-state index contributed by atoms with van der Waals surface area (Å²) in [5.41, 5.74) is 8.83. The van der Waals surface area contributed by atoms with Crippen molar-refractivity contribution in [2.45, 2.75) is 145 Å². The number of nitrogens with zero attached hydrogens (tertiary/aromatic N) is 3. The molecule has 0 amide bonds. The molecule has 350 valence electrons. The lowest BCUT2D eigenvalue weighted by Crippen LogP contribution is -1.72. The number of aromatic nitrogens is 3. The van der Waals surface area contributed by atoms with Gasteiger partial charge in [0, 0.05) is 36.7 Å². The molecule has 7 rings (SSSR count).